The number of hydrogen-bond acceptors (Lipinski definition) is 3. The predicted molar refractivity (Wildman–Crippen MR) is 61.5 cm³/mol. The molecule has 0 spiro atoms. The first kappa shape index (κ1) is 12.2. The van der Waals surface area contributed by atoms with Crippen molar-refractivity contribution in [2.24, 2.45) is 5.73 Å². The highest BCUT2D eigenvalue weighted by atomic mass is 16.4. The molecule has 2 aliphatic rings. The number of carbonyl (C=O) groups is 2. The van der Waals surface area contributed by atoms with Gasteiger partial charge in [0.25, 0.3) is 0 Å². The van der Waals surface area contributed by atoms with Crippen LogP contribution >= 0.6 is 0 Å². The number of carbonyl (C=O) groups excluding carboxylic acids is 1. The molecule has 17 heavy (non-hydrogen) atoms. The molecule has 2 atom stereocenters. The molecule has 3 N–H and O–H groups in total. The van der Waals surface area contributed by atoms with Crippen LogP contribution in [0.25, 0.3) is 0 Å². The first-order valence-corrected chi connectivity index (χ1v) is 6.11. The van der Waals surface area contributed by atoms with Crippen molar-refractivity contribution in [2.75, 3.05) is 19.6 Å². The van der Waals surface area contributed by atoms with Crippen molar-refractivity contribution in [3.05, 3.63) is 0 Å². The van der Waals surface area contributed by atoms with E-state index in [0.717, 1.165) is 19.3 Å². The van der Waals surface area contributed by atoms with Crippen molar-refractivity contribution < 1.29 is 14.7 Å². The minimum atomic E-state index is -0.840. The average Bonchev–Trinajstić information content (AvgIpc) is 2.85. The van der Waals surface area contributed by atoms with Crippen molar-refractivity contribution >= 4 is 12.0 Å². The fraction of sp³-hybridized carbons (Fsp3) is 0.818. The van der Waals surface area contributed by atoms with Gasteiger partial charge in [0, 0.05) is 31.7 Å². The van der Waals surface area contributed by atoms with Crippen LogP contribution in [0.3, 0.4) is 0 Å². The Balaban J connectivity index is 1.95. The van der Waals surface area contributed by atoms with E-state index in [1.165, 1.54) is 0 Å². The van der Waals surface area contributed by atoms with Crippen LogP contribution in [0.2, 0.25) is 0 Å². The standard InChI is InChI=1S/C11H19N3O3/c12-8-3-5-13(7-8)11(17)14-4-1-2-9(14)6-10(15)16/h8-9H,1-7,12H2,(H,15,16). The Morgan fingerprint density at radius 3 is 2.65 bits per heavy atom. The van der Waals surface area contributed by atoms with Gasteiger partial charge in [-0.15, -0.1) is 0 Å². The van der Waals surface area contributed by atoms with Crippen molar-refractivity contribution in [3.8, 4) is 0 Å². The van der Waals surface area contributed by atoms with Gasteiger partial charge in [0.15, 0.2) is 0 Å². The molecule has 0 aromatic rings. The van der Waals surface area contributed by atoms with E-state index in [9.17, 15) is 9.59 Å². The fourth-order valence-electron chi connectivity index (χ4n) is 2.64. The van der Waals surface area contributed by atoms with Gasteiger partial charge >= 0.3 is 12.0 Å². The second-order valence-corrected chi connectivity index (χ2v) is 4.86. The summed E-state index contributed by atoms with van der Waals surface area (Å²) in [6.07, 6.45) is 2.57. The summed E-state index contributed by atoms with van der Waals surface area (Å²) in [5, 5.41) is 8.81. The molecule has 0 radical (unpaired) electrons. The van der Waals surface area contributed by atoms with Crippen molar-refractivity contribution in [3.63, 3.8) is 0 Å². The van der Waals surface area contributed by atoms with Crippen LogP contribution in [0, 0.1) is 0 Å². The lowest BCUT2D eigenvalue weighted by molar-refractivity contribution is -0.138. The third kappa shape index (κ3) is 2.69. The van der Waals surface area contributed by atoms with E-state index in [-0.39, 0.29) is 24.5 Å². The summed E-state index contributed by atoms with van der Waals surface area (Å²) in [6, 6.07) is -0.113. The van der Waals surface area contributed by atoms with Crippen LogP contribution in [0.15, 0.2) is 0 Å². The van der Waals surface area contributed by atoms with E-state index >= 15 is 0 Å². The SMILES string of the molecule is NC1CCN(C(=O)N2CCCC2CC(=O)O)C1. The second kappa shape index (κ2) is 4.91. The smallest absolute Gasteiger partial charge is 0.320 e. The molecule has 0 aliphatic carbocycles. The first-order valence-electron chi connectivity index (χ1n) is 6.11. The van der Waals surface area contributed by atoms with E-state index in [2.05, 4.69) is 0 Å². The Morgan fingerprint density at radius 2 is 2.06 bits per heavy atom. The third-order valence-electron chi connectivity index (χ3n) is 3.53. The van der Waals surface area contributed by atoms with Crippen molar-refractivity contribution in [1.29, 1.82) is 0 Å². The molecule has 2 rings (SSSR count). The Kier molecular flexibility index (Phi) is 3.51. The molecule has 2 amide bonds. The van der Waals surface area contributed by atoms with Crippen LogP contribution in [-0.4, -0.2) is 58.6 Å². The van der Waals surface area contributed by atoms with Crippen molar-refractivity contribution in [1.82, 2.24) is 9.80 Å². The first-order chi connectivity index (χ1) is 8.08. The van der Waals surface area contributed by atoms with Crippen LogP contribution in [0.1, 0.15) is 25.7 Å². The Labute approximate surface area is 100 Å². The highest BCUT2D eigenvalue weighted by molar-refractivity contribution is 5.77. The largest absolute Gasteiger partial charge is 0.481 e. The number of likely N-dealkylation sites (tertiary alicyclic amines) is 2. The van der Waals surface area contributed by atoms with Gasteiger partial charge in [-0.25, -0.2) is 4.79 Å². The maximum atomic E-state index is 12.2. The summed E-state index contributed by atoms with van der Waals surface area (Å²) >= 11 is 0. The van der Waals surface area contributed by atoms with Gasteiger partial charge in [-0.3, -0.25) is 4.79 Å². The monoisotopic (exact) mass is 241 g/mol. The number of amides is 2. The summed E-state index contributed by atoms with van der Waals surface area (Å²) in [5.74, 6) is -0.840. The Bertz CT molecular complexity index is 321. The maximum Gasteiger partial charge on any atom is 0.320 e. The number of nitrogens with zero attached hydrogens (tertiary/aromatic N) is 2. The van der Waals surface area contributed by atoms with Gasteiger partial charge in [0.1, 0.15) is 0 Å². The molecule has 0 bridgehead atoms. The third-order valence-corrected chi connectivity index (χ3v) is 3.53. The highest BCUT2D eigenvalue weighted by Gasteiger charge is 2.35. The van der Waals surface area contributed by atoms with Gasteiger partial charge in [0.2, 0.25) is 0 Å². The lowest BCUT2D eigenvalue weighted by Crippen LogP contribution is -2.45. The number of hydrogen-bond donors (Lipinski definition) is 2. The molecular formula is C11H19N3O3. The zero-order valence-electron chi connectivity index (χ0n) is 9.84. The summed E-state index contributed by atoms with van der Waals surface area (Å²) in [7, 11) is 0. The molecule has 0 aromatic heterocycles. The molecule has 6 nitrogen and oxygen atoms in total. The molecular weight excluding hydrogens is 222 g/mol. The average molecular weight is 241 g/mol. The van der Waals surface area contributed by atoms with Gasteiger partial charge < -0.3 is 20.6 Å². The van der Waals surface area contributed by atoms with E-state index in [0.29, 0.717) is 19.6 Å². The normalized spacial score (nSPS) is 28.8. The summed E-state index contributed by atoms with van der Waals surface area (Å²) in [4.78, 5) is 26.4. The molecule has 96 valence electrons. The Morgan fingerprint density at radius 1 is 1.29 bits per heavy atom. The number of rotatable bonds is 2. The zero-order valence-corrected chi connectivity index (χ0v) is 9.84. The van der Waals surface area contributed by atoms with E-state index in [1.807, 2.05) is 0 Å². The van der Waals surface area contributed by atoms with E-state index < -0.39 is 5.97 Å². The lowest BCUT2D eigenvalue weighted by Gasteiger charge is -2.28. The molecule has 2 unspecified atom stereocenters. The molecule has 2 heterocycles. The molecule has 0 aromatic carbocycles. The van der Waals surface area contributed by atoms with E-state index in [4.69, 9.17) is 10.8 Å². The van der Waals surface area contributed by atoms with Gasteiger partial charge in [-0.05, 0) is 19.3 Å². The number of aliphatic carboxylic acids is 1. The highest BCUT2D eigenvalue weighted by Crippen LogP contribution is 2.23. The minimum absolute atomic E-state index is 0.0401. The molecule has 2 aliphatic heterocycles. The van der Waals surface area contributed by atoms with Gasteiger partial charge in [-0.1, -0.05) is 0 Å². The molecule has 6 heteroatoms. The van der Waals surface area contributed by atoms with Gasteiger partial charge in [0.05, 0.1) is 6.42 Å². The molecule has 0 saturated carbocycles. The maximum absolute atomic E-state index is 12.2. The van der Waals surface area contributed by atoms with E-state index in [1.54, 1.807) is 9.80 Å². The summed E-state index contributed by atoms with van der Waals surface area (Å²) < 4.78 is 0. The van der Waals surface area contributed by atoms with Crippen LogP contribution in [0.4, 0.5) is 4.79 Å². The number of nitrogens with two attached hydrogens (primary N) is 1. The van der Waals surface area contributed by atoms with Gasteiger partial charge in [-0.2, -0.15) is 0 Å². The molecule has 2 saturated heterocycles. The quantitative estimate of drug-likeness (QED) is 0.716. The second-order valence-electron chi connectivity index (χ2n) is 4.86. The van der Waals surface area contributed by atoms with Crippen molar-refractivity contribution in [2.45, 2.75) is 37.8 Å². The number of carboxylic acid groups (broad SMARTS) is 1. The summed E-state index contributed by atoms with van der Waals surface area (Å²) in [5.41, 5.74) is 5.77. The van der Waals surface area contributed by atoms with Crippen LogP contribution < -0.4 is 5.73 Å². The number of carboxylic acids is 1. The Hall–Kier alpha value is -1.30. The summed E-state index contributed by atoms with van der Waals surface area (Å²) in [6.45, 7) is 1.95. The van der Waals surface area contributed by atoms with Crippen LogP contribution in [-0.2, 0) is 4.79 Å². The topological polar surface area (TPSA) is 86.9 Å². The molecule has 2 fully saturated rings. The predicted octanol–water partition coefficient (Wildman–Crippen LogP) is 0.0785. The lowest BCUT2D eigenvalue weighted by atomic mass is 10.1. The zero-order chi connectivity index (χ0) is 12.4. The fourth-order valence-corrected chi connectivity index (χ4v) is 2.64. The minimum Gasteiger partial charge on any atom is -0.481 e. The number of urea groups is 1. The van der Waals surface area contributed by atoms with Crippen LogP contribution in [0.5, 0.6) is 0 Å².